The average Bonchev–Trinajstić information content (AvgIpc) is 3.88. The molecular weight excluding hydrogens is 583 g/mol. The van der Waals surface area contributed by atoms with Crippen LogP contribution in [0.3, 0.4) is 0 Å². The Kier molecular flexibility index (Phi) is 9.11. The molecule has 0 unspecified atom stereocenters. The number of benzene rings is 3. The first-order chi connectivity index (χ1) is 21.8. The van der Waals surface area contributed by atoms with E-state index in [1.54, 1.807) is 0 Å². The fourth-order valence-corrected chi connectivity index (χ4v) is 6.48. The van der Waals surface area contributed by atoms with Crippen molar-refractivity contribution in [3.63, 3.8) is 0 Å². The van der Waals surface area contributed by atoms with E-state index in [9.17, 15) is 27.9 Å². The topological polar surface area (TPSA) is 82.1 Å². The first-order valence-corrected chi connectivity index (χ1v) is 15.5. The summed E-state index contributed by atoms with van der Waals surface area (Å²) in [6, 6.07) is 18.7. The number of carboxylic acid groups (broad SMARTS) is 1. The van der Waals surface area contributed by atoms with Crippen molar-refractivity contribution in [2.75, 3.05) is 26.2 Å². The zero-order valence-corrected chi connectivity index (χ0v) is 24.9. The second-order valence-corrected chi connectivity index (χ2v) is 11.9. The maximum absolute atomic E-state index is 14.4. The monoisotopic (exact) mass is 619 g/mol. The van der Waals surface area contributed by atoms with Crippen LogP contribution in [-0.4, -0.2) is 71.3 Å². The largest absolute Gasteiger partial charge is 0.488 e. The summed E-state index contributed by atoms with van der Waals surface area (Å²) in [5.74, 6) is -4.27. The number of ether oxygens (including phenoxy) is 1. The summed E-state index contributed by atoms with van der Waals surface area (Å²) in [4.78, 5) is 30.2. The van der Waals surface area contributed by atoms with Crippen LogP contribution in [0.4, 0.5) is 18.0 Å². The smallest absolute Gasteiger partial charge is 0.408 e. The molecular formula is C35H36F3N3O4. The Balaban J connectivity index is 1.22. The highest BCUT2D eigenvalue weighted by Gasteiger charge is 2.46. The number of fused-ring (bicyclic) bond motifs is 2. The van der Waals surface area contributed by atoms with E-state index in [1.165, 1.54) is 4.90 Å². The van der Waals surface area contributed by atoms with Gasteiger partial charge in [-0.1, -0.05) is 54.6 Å². The minimum absolute atomic E-state index is 0.00418. The van der Waals surface area contributed by atoms with Crippen molar-refractivity contribution in [1.82, 2.24) is 15.1 Å². The van der Waals surface area contributed by atoms with Crippen molar-refractivity contribution in [2.24, 2.45) is 0 Å². The minimum Gasteiger partial charge on any atom is -0.488 e. The summed E-state index contributed by atoms with van der Waals surface area (Å²) in [7, 11) is 0. The van der Waals surface area contributed by atoms with Crippen LogP contribution in [0.15, 0.2) is 72.3 Å². The first kappa shape index (κ1) is 30.7. The lowest BCUT2D eigenvalue weighted by molar-refractivity contribution is -0.128. The molecule has 1 aliphatic carbocycles. The van der Waals surface area contributed by atoms with Gasteiger partial charge in [-0.15, -0.1) is 0 Å². The highest BCUT2D eigenvalue weighted by molar-refractivity contribution is 6.04. The summed E-state index contributed by atoms with van der Waals surface area (Å²) in [5, 5.41) is 13.5. The maximum Gasteiger partial charge on any atom is 0.408 e. The quantitative estimate of drug-likeness (QED) is 0.209. The number of nitrogens with one attached hydrogen (secondary N) is 1. The summed E-state index contributed by atoms with van der Waals surface area (Å²) in [6.07, 6.45) is 3.00. The number of piperazine rings is 1. The number of hydrogen-bond acceptors (Lipinski definition) is 4. The summed E-state index contributed by atoms with van der Waals surface area (Å²) in [6.45, 7) is 1.45. The molecule has 3 aromatic rings. The molecule has 1 saturated heterocycles. The first-order valence-electron chi connectivity index (χ1n) is 15.5. The van der Waals surface area contributed by atoms with Gasteiger partial charge in [-0.05, 0) is 72.9 Å². The zero-order chi connectivity index (χ0) is 31.5. The number of rotatable bonds is 11. The molecule has 0 spiro atoms. The Bertz CT molecular complexity index is 1580. The number of hydrogen-bond donors (Lipinski definition) is 2. The average molecular weight is 620 g/mol. The Morgan fingerprint density at radius 3 is 2.33 bits per heavy atom. The molecule has 6 rings (SSSR count). The van der Waals surface area contributed by atoms with E-state index in [4.69, 9.17) is 4.74 Å². The van der Waals surface area contributed by atoms with Gasteiger partial charge in [0.2, 0.25) is 5.82 Å². The Hall–Kier alpha value is -4.31. The highest BCUT2D eigenvalue weighted by Crippen LogP contribution is 2.39. The Morgan fingerprint density at radius 2 is 1.62 bits per heavy atom. The van der Waals surface area contributed by atoms with Gasteiger partial charge in [-0.25, -0.2) is 13.6 Å². The lowest BCUT2D eigenvalue weighted by atomic mass is 9.81. The number of aryl methyl sites for hydroxylation is 1. The van der Waals surface area contributed by atoms with Crippen LogP contribution in [0.25, 0.3) is 5.57 Å². The second-order valence-electron chi connectivity index (χ2n) is 11.9. The van der Waals surface area contributed by atoms with Gasteiger partial charge in [-0.2, -0.15) is 4.39 Å². The molecule has 2 amide bonds. The van der Waals surface area contributed by atoms with E-state index >= 15 is 0 Å². The van der Waals surface area contributed by atoms with Crippen LogP contribution in [0.5, 0.6) is 5.75 Å². The number of carbonyl (C=O) groups is 2. The van der Waals surface area contributed by atoms with Crippen LogP contribution in [0.2, 0.25) is 0 Å². The van der Waals surface area contributed by atoms with Crippen molar-refractivity contribution >= 4 is 17.6 Å². The number of carbonyl (C=O) groups excluding carboxylic acids is 1. The van der Waals surface area contributed by atoms with Crippen LogP contribution in [0, 0.1) is 17.5 Å². The van der Waals surface area contributed by atoms with Crippen LogP contribution >= 0.6 is 0 Å². The molecule has 2 fully saturated rings. The molecule has 2 heterocycles. The fraction of sp³-hybridized carbons (Fsp3) is 0.371. The molecule has 2 bridgehead atoms. The van der Waals surface area contributed by atoms with Gasteiger partial charge in [0.05, 0.1) is 18.7 Å². The molecule has 10 heteroatoms. The van der Waals surface area contributed by atoms with E-state index in [1.807, 2.05) is 47.4 Å². The van der Waals surface area contributed by atoms with Gasteiger partial charge < -0.3 is 20.1 Å². The lowest BCUT2D eigenvalue weighted by Gasteiger charge is -2.47. The molecule has 2 N–H and O–H groups in total. The molecule has 2 atom stereocenters. The van der Waals surface area contributed by atoms with E-state index in [0.717, 1.165) is 53.7 Å². The van der Waals surface area contributed by atoms with E-state index in [0.29, 0.717) is 44.5 Å². The third-order valence-corrected chi connectivity index (χ3v) is 8.89. The third kappa shape index (κ3) is 6.71. The second kappa shape index (κ2) is 13.4. The van der Waals surface area contributed by atoms with Gasteiger partial charge in [0.15, 0.2) is 17.4 Å². The molecule has 1 saturated carbocycles. The van der Waals surface area contributed by atoms with Crippen molar-refractivity contribution < 1.29 is 32.6 Å². The highest BCUT2D eigenvalue weighted by atomic mass is 19.2. The molecule has 0 aromatic heterocycles. The van der Waals surface area contributed by atoms with Crippen LogP contribution in [-0.2, 0) is 17.6 Å². The Morgan fingerprint density at radius 1 is 0.911 bits per heavy atom. The summed E-state index contributed by atoms with van der Waals surface area (Å²) >= 11 is 0. The molecule has 3 aliphatic rings. The predicted octanol–water partition coefficient (Wildman–Crippen LogP) is 5.83. The molecule has 3 aromatic carbocycles. The maximum atomic E-state index is 14.4. The molecule has 45 heavy (non-hydrogen) atoms. The zero-order valence-electron chi connectivity index (χ0n) is 24.9. The van der Waals surface area contributed by atoms with E-state index < -0.39 is 35.3 Å². The summed E-state index contributed by atoms with van der Waals surface area (Å²) < 4.78 is 46.4. The number of nitrogens with zero attached hydrogens (tertiary/aromatic N) is 2. The van der Waals surface area contributed by atoms with Crippen molar-refractivity contribution in [3.8, 4) is 5.75 Å². The molecule has 0 radical (unpaired) electrons. The molecule has 2 aliphatic heterocycles. The van der Waals surface area contributed by atoms with Gasteiger partial charge >= 0.3 is 6.09 Å². The van der Waals surface area contributed by atoms with Gasteiger partial charge in [0, 0.05) is 31.2 Å². The van der Waals surface area contributed by atoms with Crippen LogP contribution in [0.1, 0.15) is 42.4 Å². The van der Waals surface area contributed by atoms with E-state index in [2.05, 4.69) is 17.4 Å². The Labute approximate surface area is 260 Å². The number of amides is 2. The fourth-order valence-electron chi connectivity index (χ4n) is 6.48. The SMILES string of the molecule is O=C(C1=C(c2ccc(CCCOc3c(F)ccc(F)c3F)cc2)C[C@@H]2CNC[C@H]1N2C(=O)O)N(CCc1ccccc1)C1CC1. The normalized spacial score (nSPS) is 19.4. The number of halogens is 3. The van der Waals surface area contributed by atoms with Crippen molar-refractivity contribution in [2.45, 2.75) is 56.7 Å². The molecule has 236 valence electrons. The lowest BCUT2D eigenvalue weighted by Crippen LogP contribution is -2.63. The minimum atomic E-state index is -1.34. The predicted molar refractivity (Wildman–Crippen MR) is 163 cm³/mol. The summed E-state index contributed by atoms with van der Waals surface area (Å²) in [5.41, 5.74) is 4.41. The third-order valence-electron chi connectivity index (χ3n) is 8.89. The van der Waals surface area contributed by atoms with Crippen molar-refractivity contribution in [3.05, 3.63) is 106 Å². The molecule has 7 nitrogen and oxygen atoms in total. The standard InChI is InChI=1S/C35H36F3N3O4/c36-28-14-15-29(37)33(32(28)38)45-18-4-7-23-8-10-24(11-9-23)27-19-26-20-39-21-30(41(26)35(43)44)31(27)34(42)40(25-12-13-25)17-16-22-5-2-1-3-6-22/h1-3,5-6,8-11,14-15,25-26,30,39H,4,7,12-13,16-21H2,(H,43,44)/t26-,30-/m1/s1. The van der Waals surface area contributed by atoms with Gasteiger partial charge in [0.1, 0.15) is 0 Å². The van der Waals surface area contributed by atoms with E-state index in [-0.39, 0.29) is 24.6 Å². The van der Waals surface area contributed by atoms with Crippen LogP contribution < -0.4 is 10.1 Å². The van der Waals surface area contributed by atoms with Gasteiger partial charge in [-0.3, -0.25) is 9.69 Å². The van der Waals surface area contributed by atoms with Crippen molar-refractivity contribution in [1.29, 1.82) is 0 Å². The van der Waals surface area contributed by atoms with Gasteiger partial charge in [0.25, 0.3) is 5.91 Å².